The molecule has 0 aliphatic carbocycles. The molecule has 0 bridgehead atoms. The van der Waals surface area contributed by atoms with E-state index in [0.29, 0.717) is 5.82 Å². The molecular weight excluding hydrogens is 246 g/mol. The second kappa shape index (κ2) is 5.52. The Morgan fingerprint density at radius 3 is 2.89 bits per heavy atom. The van der Waals surface area contributed by atoms with Gasteiger partial charge >= 0.3 is 0 Å². The number of rotatable bonds is 3. The van der Waals surface area contributed by atoms with E-state index in [1.54, 1.807) is 17.8 Å². The Hall–Kier alpha value is -2.06. The third-order valence-electron chi connectivity index (χ3n) is 2.36. The highest BCUT2D eigenvalue weighted by Gasteiger charge is 2.08. The lowest BCUT2D eigenvalue weighted by molar-refractivity contribution is 1.10. The summed E-state index contributed by atoms with van der Waals surface area (Å²) in [6.45, 7) is 2.07. The zero-order valence-electron chi connectivity index (χ0n) is 9.80. The molecule has 4 nitrogen and oxygen atoms in total. The molecule has 0 radical (unpaired) electrons. The van der Waals surface area contributed by atoms with Gasteiger partial charge in [0.05, 0.1) is 6.20 Å². The Labute approximate surface area is 109 Å². The highest BCUT2D eigenvalue weighted by atomic mass is 32.2. The maximum Gasteiger partial charge on any atom is 0.269 e. The largest absolute Gasteiger partial charge is 0.305 e. The van der Waals surface area contributed by atoms with Crippen LogP contribution in [-0.2, 0) is 0 Å². The number of H-pyrrole nitrogens is 1. The van der Waals surface area contributed by atoms with Crippen LogP contribution in [0, 0.1) is 11.3 Å². The maximum absolute atomic E-state index is 11.6. The van der Waals surface area contributed by atoms with Crippen LogP contribution in [0.3, 0.4) is 0 Å². The van der Waals surface area contributed by atoms with Crippen molar-refractivity contribution in [3.05, 3.63) is 46.4 Å². The van der Waals surface area contributed by atoms with Crippen LogP contribution in [0.4, 0.5) is 0 Å². The van der Waals surface area contributed by atoms with Crippen LogP contribution in [-0.4, -0.2) is 15.7 Å². The molecule has 1 aromatic carbocycles. The molecule has 0 saturated carbocycles. The minimum Gasteiger partial charge on any atom is -0.305 e. The zero-order valence-corrected chi connectivity index (χ0v) is 10.6. The summed E-state index contributed by atoms with van der Waals surface area (Å²) < 4.78 is 0. The first-order valence-electron chi connectivity index (χ1n) is 5.48. The molecule has 0 spiro atoms. The van der Waals surface area contributed by atoms with Gasteiger partial charge in [-0.05, 0) is 11.8 Å². The highest BCUT2D eigenvalue weighted by Crippen LogP contribution is 2.28. The lowest BCUT2D eigenvalue weighted by Crippen LogP contribution is -2.12. The van der Waals surface area contributed by atoms with Gasteiger partial charge in [0.25, 0.3) is 5.56 Å². The van der Waals surface area contributed by atoms with E-state index in [0.717, 1.165) is 16.2 Å². The van der Waals surface area contributed by atoms with Crippen LogP contribution in [0.1, 0.15) is 12.5 Å². The molecule has 0 atom stereocenters. The topological polar surface area (TPSA) is 69.5 Å². The molecule has 90 valence electrons. The molecule has 18 heavy (non-hydrogen) atoms. The Bertz CT molecular complexity index is 658. The van der Waals surface area contributed by atoms with Crippen molar-refractivity contribution in [2.75, 3.05) is 5.75 Å². The van der Waals surface area contributed by atoms with Crippen LogP contribution in [0.5, 0.6) is 0 Å². The van der Waals surface area contributed by atoms with E-state index in [2.05, 4.69) is 16.9 Å². The van der Waals surface area contributed by atoms with Crippen molar-refractivity contribution < 1.29 is 0 Å². The van der Waals surface area contributed by atoms with Gasteiger partial charge in [0.1, 0.15) is 17.5 Å². The van der Waals surface area contributed by atoms with Gasteiger partial charge in [-0.15, -0.1) is 11.8 Å². The summed E-state index contributed by atoms with van der Waals surface area (Å²) >= 11 is 1.69. The van der Waals surface area contributed by atoms with Gasteiger partial charge in [0.15, 0.2) is 0 Å². The van der Waals surface area contributed by atoms with Crippen LogP contribution in [0.25, 0.3) is 11.4 Å². The number of thioether (sulfide) groups is 1. The number of nitriles is 1. The number of aromatic amines is 1. The number of nitrogens with one attached hydrogen (secondary N) is 1. The second-order valence-corrected chi connectivity index (χ2v) is 4.82. The summed E-state index contributed by atoms with van der Waals surface area (Å²) in [6, 6.07) is 9.54. The van der Waals surface area contributed by atoms with Crippen LogP contribution < -0.4 is 5.56 Å². The number of aromatic nitrogens is 2. The SMILES string of the molecule is CCSc1ccccc1-c1ncc(C#N)c(=O)[nH]1. The first-order valence-corrected chi connectivity index (χ1v) is 6.46. The minimum absolute atomic E-state index is 0.0272. The van der Waals surface area contributed by atoms with Crippen molar-refractivity contribution in [2.45, 2.75) is 11.8 Å². The summed E-state index contributed by atoms with van der Waals surface area (Å²) in [7, 11) is 0. The number of nitrogens with zero attached hydrogens (tertiary/aromatic N) is 2. The zero-order chi connectivity index (χ0) is 13.0. The van der Waals surface area contributed by atoms with Gasteiger partial charge in [-0.1, -0.05) is 25.1 Å². The average molecular weight is 257 g/mol. The number of hydrogen-bond donors (Lipinski definition) is 1. The molecular formula is C13H11N3OS. The third-order valence-corrected chi connectivity index (χ3v) is 3.32. The van der Waals surface area contributed by atoms with Crippen LogP contribution >= 0.6 is 11.8 Å². The standard InChI is InChI=1S/C13H11N3OS/c1-2-18-11-6-4-3-5-10(11)12-15-8-9(7-14)13(17)16-12/h3-6,8H,2H2,1H3,(H,15,16,17). The lowest BCUT2D eigenvalue weighted by atomic mass is 10.2. The molecule has 5 heteroatoms. The predicted molar refractivity (Wildman–Crippen MR) is 71.4 cm³/mol. The number of hydrogen-bond acceptors (Lipinski definition) is 4. The molecule has 0 amide bonds. The molecule has 0 fully saturated rings. The lowest BCUT2D eigenvalue weighted by Gasteiger charge is -2.06. The van der Waals surface area contributed by atoms with Gasteiger partial charge in [0.2, 0.25) is 0 Å². The van der Waals surface area contributed by atoms with Crippen molar-refractivity contribution in [3.63, 3.8) is 0 Å². The molecule has 0 unspecified atom stereocenters. The summed E-state index contributed by atoms with van der Waals surface area (Å²) in [5.74, 6) is 1.44. The summed E-state index contributed by atoms with van der Waals surface area (Å²) in [5.41, 5.74) is 0.504. The molecule has 2 aromatic rings. The molecule has 0 saturated heterocycles. The van der Waals surface area contributed by atoms with Gasteiger partial charge in [-0.2, -0.15) is 5.26 Å². The van der Waals surface area contributed by atoms with Gasteiger partial charge in [0, 0.05) is 10.5 Å². The molecule has 0 aliphatic heterocycles. The Morgan fingerprint density at radius 2 is 2.22 bits per heavy atom. The molecule has 1 N–H and O–H groups in total. The van der Waals surface area contributed by atoms with Gasteiger partial charge in [-0.3, -0.25) is 4.79 Å². The minimum atomic E-state index is -0.404. The maximum atomic E-state index is 11.6. The normalized spacial score (nSPS) is 10.0. The highest BCUT2D eigenvalue weighted by molar-refractivity contribution is 7.99. The van der Waals surface area contributed by atoms with E-state index < -0.39 is 5.56 Å². The number of benzene rings is 1. The van der Waals surface area contributed by atoms with E-state index in [4.69, 9.17) is 5.26 Å². The van der Waals surface area contributed by atoms with Crippen molar-refractivity contribution in [1.82, 2.24) is 9.97 Å². The monoisotopic (exact) mass is 257 g/mol. The van der Waals surface area contributed by atoms with Gasteiger partial charge in [-0.25, -0.2) is 4.98 Å². The second-order valence-electron chi connectivity index (χ2n) is 3.52. The van der Waals surface area contributed by atoms with Crippen molar-refractivity contribution in [1.29, 1.82) is 5.26 Å². The van der Waals surface area contributed by atoms with E-state index in [1.807, 2.05) is 24.3 Å². The summed E-state index contributed by atoms with van der Waals surface area (Å²) in [6.07, 6.45) is 1.31. The van der Waals surface area contributed by atoms with Gasteiger partial charge < -0.3 is 4.98 Å². The first-order chi connectivity index (χ1) is 8.76. The van der Waals surface area contributed by atoms with Crippen LogP contribution in [0.2, 0.25) is 0 Å². The predicted octanol–water partition coefficient (Wildman–Crippen LogP) is 2.42. The summed E-state index contributed by atoms with van der Waals surface area (Å²) in [4.78, 5) is 19.4. The molecule has 1 heterocycles. The fourth-order valence-electron chi connectivity index (χ4n) is 1.56. The van der Waals surface area contributed by atoms with Crippen LogP contribution in [0.15, 0.2) is 40.2 Å². The average Bonchev–Trinajstić information content (AvgIpc) is 2.40. The smallest absolute Gasteiger partial charge is 0.269 e. The van der Waals surface area contributed by atoms with Crippen molar-refractivity contribution >= 4 is 11.8 Å². The molecule has 0 aliphatic rings. The fourth-order valence-corrected chi connectivity index (χ4v) is 2.36. The Kier molecular flexibility index (Phi) is 3.80. The molecule has 2 rings (SSSR count). The summed E-state index contributed by atoms with van der Waals surface area (Å²) in [5, 5.41) is 8.70. The fraction of sp³-hybridized carbons (Fsp3) is 0.154. The van der Waals surface area contributed by atoms with E-state index in [-0.39, 0.29) is 5.56 Å². The third kappa shape index (κ3) is 2.44. The van der Waals surface area contributed by atoms with Crippen molar-refractivity contribution in [2.24, 2.45) is 0 Å². The quantitative estimate of drug-likeness (QED) is 0.857. The van der Waals surface area contributed by atoms with E-state index in [1.165, 1.54) is 6.20 Å². The Morgan fingerprint density at radius 1 is 1.44 bits per heavy atom. The van der Waals surface area contributed by atoms with E-state index in [9.17, 15) is 4.79 Å². The molecule has 1 aromatic heterocycles. The van der Waals surface area contributed by atoms with E-state index >= 15 is 0 Å². The Balaban J connectivity index is 2.53. The van der Waals surface area contributed by atoms with Crippen molar-refractivity contribution in [3.8, 4) is 17.5 Å². The first kappa shape index (κ1) is 12.4.